The molecule has 0 aliphatic heterocycles. The summed E-state index contributed by atoms with van der Waals surface area (Å²) in [6, 6.07) is 0. The normalized spacial score (nSPS) is 13.2. The van der Waals surface area contributed by atoms with Crippen molar-refractivity contribution in [2.24, 2.45) is 5.92 Å². The van der Waals surface area contributed by atoms with Crippen LogP contribution in [0.2, 0.25) is 0 Å². The van der Waals surface area contributed by atoms with Crippen molar-refractivity contribution in [3.8, 4) is 0 Å². The lowest BCUT2D eigenvalue weighted by Gasteiger charge is -2.18. The van der Waals surface area contributed by atoms with E-state index < -0.39 is 8.60 Å². The van der Waals surface area contributed by atoms with Gasteiger partial charge < -0.3 is 28.8 Å². The number of ether oxygens (including phenoxy) is 1. The van der Waals surface area contributed by atoms with E-state index in [4.69, 9.17) is 13.8 Å². The molecule has 0 aromatic rings. The summed E-state index contributed by atoms with van der Waals surface area (Å²) in [4.78, 5) is 21.3. The molecule has 0 fully saturated rings. The summed E-state index contributed by atoms with van der Waals surface area (Å²) in [7, 11) is -0.0744. The summed E-state index contributed by atoms with van der Waals surface area (Å²) >= 11 is 0. The van der Waals surface area contributed by atoms with Crippen molar-refractivity contribution in [2.45, 2.75) is 136 Å². The van der Waals surface area contributed by atoms with E-state index in [0.29, 0.717) is 26.2 Å². The van der Waals surface area contributed by atoms with Crippen LogP contribution in [0.25, 0.3) is 0 Å². The third-order valence-electron chi connectivity index (χ3n) is 6.55. The minimum Gasteiger partial charge on any atom is -0.381 e. The van der Waals surface area contributed by atoms with Crippen molar-refractivity contribution >= 4 is 14.4 Å². The monoisotopic (exact) mass is 533 g/mol. The fourth-order valence-electron chi connectivity index (χ4n) is 4.36. The highest BCUT2D eigenvalue weighted by Crippen LogP contribution is 2.33. The second kappa shape index (κ2) is 29.5. The van der Waals surface area contributed by atoms with E-state index in [2.05, 4.69) is 12.2 Å². The smallest absolute Gasteiger partial charge is 0.329 e. The van der Waals surface area contributed by atoms with Gasteiger partial charge in [0.2, 0.25) is 0 Å². The van der Waals surface area contributed by atoms with Crippen molar-refractivity contribution in [1.82, 2.24) is 5.32 Å². The van der Waals surface area contributed by atoms with Crippen molar-refractivity contribution in [3.05, 3.63) is 0 Å². The lowest BCUT2D eigenvalue weighted by molar-refractivity contribution is -0.118. The number of nitrogens with one attached hydrogen (secondary N) is 1. The van der Waals surface area contributed by atoms with Gasteiger partial charge in [-0.05, 0) is 20.4 Å². The van der Waals surface area contributed by atoms with Crippen LogP contribution in [0.4, 0.5) is 0 Å². The van der Waals surface area contributed by atoms with Gasteiger partial charge in [0, 0.05) is 25.5 Å². The SMILES string of the molecule is CCCCCCCCCCCCCCCCCCCCOCC(COP(O)OCCNC)CC(C)=O. The average Bonchev–Trinajstić information content (AvgIpc) is 2.85. The van der Waals surface area contributed by atoms with E-state index in [1.165, 1.54) is 109 Å². The van der Waals surface area contributed by atoms with Gasteiger partial charge >= 0.3 is 8.60 Å². The molecule has 0 saturated heterocycles. The molecule has 36 heavy (non-hydrogen) atoms. The van der Waals surface area contributed by atoms with Gasteiger partial charge in [0.15, 0.2) is 0 Å². The van der Waals surface area contributed by atoms with E-state index in [-0.39, 0.29) is 18.3 Å². The van der Waals surface area contributed by atoms with Crippen LogP contribution in [0.1, 0.15) is 136 Å². The van der Waals surface area contributed by atoms with Crippen LogP contribution in [0, 0.1) is 5.92 Å². The Kier molecular flexibility index (Phi) is 29.4. The van der Waals surface area contributed by atoms with Crippen LogP contribution in [0.5, 0.6) is 0 Å². The van der Waals surface area contributed by atoms with Crippen LogP contribution in [0.15, 0.2) is 0 Å². The van der Waals surface area contributed by atoms with Crippen molar-refractivity contribution in [3.63, 3.8) is 0 Å². The first-order valence-electron chi connectivity index (χ1n) is 15.1. The van der Waals surface area contributed by atoms with Gasteiger partial charge in [-0.25, -0.2) is 0 Å². The predicted molar refractivity (Wildman–Crippen MR) is 153 cm³/mol. The number of rotatable bonds is 30. The second-order valence-corrected chi connectivity index (χ2v) is 11.3. The van der Waals surface area contributed by atoms with Crippen LogP contribution >= 0.6 is 8.60 Å². The van der Waals surface area contributed by atoms with E-state index in [1.807, 2.05) is 7.05 Å². The molecule has 0 aromatic carbocycles. The maximum absolute atomic E-state index is 11.5. The first-order valence-corrected chi connectivity index (χ1v) is 16.2. The Morgan fingerprint density at radius 2 is 1.19 bits per heavy atom. The van der Waals surface area contributed by atoms with Gasteiger partial charge in [-0.15, -0.1) is 0 Å². The Morgan fingerprint density at radius 1 is 0.722 bits per heavy atom. The molecule has 0 radical (unpaired) electrons. The molecule has 0 aliphatic rings. The number of Topliss-reactive ketones (excluding diaryl/α,β-unsaturated/α-hetero) is 1. The number of ketones is 1. The molecule has 0 amide bonds. The number of hydrogen-bond donors (Lipinski definition) is 2. The highest BCUT2D eigenvalue weighted by Gasteiger charge is 2.16. The van der Waals surface area contributed by atoms with Crippen molar-refractivity contribution in [2.75, 3.05) is 40.0 Å². The largest absolute Gasteiger partial charge is 0.381 e. The maximum Gasteiger partial charge on any atom is 0.329 e. The molecule has 0 heterocycles. The van der Waals surface area contributed by atoms with Gasteiger partial charge in [-0.1, -0.05) is 116 Å². The highest BCUT2D eigenvalue weighted by atomic mass is 31.2. The zero-order valence-corrected chi connectivity index (χ0v) is 25.0. The minimum absolute atomic E-state index is 0.0388. The molecule has 0 aromatic heterocycles. The van der Waals surface area contributed by atoms with Crippen LogP contribution < -0.4 is 5.32 Å². The maximum atomic E-state index is 11.5. The minimum atomic E-state index is -1.90. The van der Waals surface area contributed by atoms with Gasteiger partial charge in [-0.2, -0.15) is 0 Å². The molecular formula is C29H60NO5P. The number of carbonyl (C=O) groups excluding carboxylic acids is 1. The summed E-state index contributed by atoms with van der Waals surface area (Å²) in [5.74, 6) is 0.0711. The first kappa shape index (κ1) is 35.9. The number of hydrogen-bond acceptors (Lipinski definition) is 6. The Morgan fingerprint density at radius 3 is 1.64 bits per heavy atom. The van der Waals surface area contributed by atoms with E-state index in [1.54, 1.807) is 6.92 Å². The molecule has 0 spiro atoms. The van der Waals surface area contributed by atoms with Gasteiger partial charge in [-0.3, -0.25) is 0 Å². The molecule has 216 valence electrons. The molecule has 6 nitrogen and oxygen atoms in total. The summed E-state index contributed by atoms with van der Waals surface area (Å²) in [6.45, 7) is 6.40. The van der Waals surface area contributed by atoms with E-state index >= 15 is 0 Å². The Bertz CT molecular complexity index is 455. The van der Waals surface area contributed by atoms with Gasteiger partial charge in [0.1, 0.15) is 5.78 Å². The molecule has 0 aliphatic carbocycles. The zero-order chi connectivity index (χ0) is 26.5. The molecule has 2 N–H and O–H groups in total. The Balaban J connectivity index is 3.45. The van der Waals surface area contributed by atoms with Crippen LogP contribution in [-0.4, -0.2) is 50.7 Å². The van der Waals surface area contributed by atoms with Gasteiger partial charge in [0.25, 0.3) is 0 Å². The summed E-state index contributed by atoms with van der Waals surface area (Å²) < 4.78 is 16.4. The Hall–Kier alpha value is -0.100. The molecule has 2 unspecified atom stereocenters. The second-order valence-electron chi connectivity index (χ2n) is 10.3. The summed E-state index contributed by atoms with van der Waals surface area (Å²) in [5, 5.41) is 2.95. The van der Waals surface area contributed by atoms with Crippen LogP contribution in [0.3, 0.4) is 0 Å². The molecular weight excluding hydrogens is 473 g/mol. The van der Waals surface area contributed by atoms with Crippen LogP contribution in [-0.2, 0) is 18.6 Å². The number of unbranched alkanes of at least 4 members (excludes halogenated alkanes) is 17. The summed E-state index contributed by atoms with van der Waals surface area (Å²) in [6.07, 6.45) is 25.1. The van der Waals surface area contributed by atoms with Crippen molar-refractivity contribution < 1.29 is 23.5 Å². The third-order valence-corrected chi connectivity index (χ3v) is 7.32. The Labute approximate surface area is 225 Å². The molecule has 0 rings (SSSR count). The molecule has 2 atom stereocenters. The average molecular weight is 534 g/mol. The zero-order valence-electron chi connectivity index (χ0n) is 24.1. The lowest BCUT2D eigenvalue weighted by Crippen LogP contribution is -2.19. The molecule has 0 saturated carbocycles. The lowest BCUT2D eigenvalue weighted by atomic mass is 10.0. The number of carbonyl (C=O) groups is 1. The van der Waals surface area contributed by atoms with E-state index in [0.717, 1.165) is 13.0 Å². The third kappa shape index (κ3) is 28.5. The standard InChI is InChI=1S/C29H60NO5P/c1-4-5-6-7-8-9-10-11-12-13-14-15-16-17-18-19-20-21-23-33-26-29(25-28(2)31)27-35-36(32)34-24-22-30-3/h29-30,32H,4-27H2,1-3H3. The first-order chi connectivity index (χ1) is 17.6. The van der Waals surface area contributed by atoms with Gasteiger partial charge in [0.05, 0.1) is 19.8 Å². The van der Waals surface area contributed by atoms with Crippen molar-refractivity contribution in [1.29, 1.82) is 0 Å². The molecule has 0 bridgehead atoms. The number of likely N-dealkylation sites (N-methyl/N-ethyl adjacent to an activating group) is 1. The predicted octanol–water partition coefficient (Wildman–Crippen LogP) is 8.11. The quantitative estimate of drug-likeness (QED) is 0.0717. The highest BCUT2D eigenvalue weighted by molar-refractivity contribution is 7.40. The molecule has 7 heteroatoms. The fraction of sp³-hybridized carbons (Fsp3) is 0.966. The summed E-state index contributed by atoms with van der Waals surface area (Å²) in [5.41, 5.74) is 0. The van der Waals surface area contributed by atoms with E-state index in [9.17, 15) is 9.69 Å². The topological polar surface area (TPSA) is 77.0 Å². The fourth-order valence-corrected chi connectivity index (χ4v) is 5.02.